The minimum atomic E-state index is -1.54. The number of amides is 1. The second-order valence-electron chi connectivity index (χ2n) is 14.9. The zero-order valence-electron chi connectivity index (χ0n) is 32.9. The molecule has 0 bridgehead atoms. The lowest BCUT2D eigenvalue weighted by Gasteiger charge is -2.59. The molecule has 1 amide bonds. The van der Waals surface area contributed by atoms with Crippen molar-refractivity contribution in [2.75, 3.05) is 39.4 Å². The number of alkyl halides is 1. The van der Waals surface area contributed by atoms with Crippen LogP contribution in [-0.4, -0.2) is 78.2 Å². The number of carbonyl (C=O) groups excluding carboxylic acids is 1. The fraction of sp³-hybridized carbons (Fsp3) is 0.467. The lowest BCUT2D eigenvalue weighted by Crippen LogP contribution is -2.70. The van der Waals surface area contributed by atoms with Crippen LogP contribution in [0.25, 0.3) is 0 Å². The summed E-state index contributed by atoms with van der Waals surface area (Å²) in [6.45, 7) is 4.13. The molecule has 3 aromatic rings. The lowest BCUT2D eigenvalue weighted by molar-refractivity contribution is -0.256. The Morgan fingerprint density at radius 2 is 1.81 bits per heavy atom. The quantitative estimate of drug-likeness (QED) is 0.0503. The van der Waals surface area contributed by atoms with Gasteiger partial charge in [-0.2, -0.15) is 0 Å². The van der Waals surface area contributed by atoms with Crippen molar-refractivity contribution in [3.8, 4) is 11.5 Å². The summed E-state index contributed by atoms with van der Waals surface area (Å²) in [5, 5.41) is 24.3. The molecule has 6 rings (SSSR count). The molecule has 1 saturated carbocycles. The Kier molecular flexibility index (Phi) is 15.2. The molecule has 58 heavy (non-hydrogen) atoms. The number of carbonyl (C=O) groups is 1. The molecule has 3 aliphatic rings. The smallest absolute Gasteiger partial charge is 0.410 e. The van der Waals surface area contributed by atoms with Gasteiger partial charge < -0.3 is 34.0 Å². The third kappa shape index (κ3) is 9.52. The van der Waals surface area contributed by atoms with Gasteiger partial charge in [0.1, 0.15) is 49.5 Å². The van der Waals surface area contributed by atoms with Gasteiger partial charge in [-0.25, -0.2) is 13.6 Å². The highest BCUT2D eigenvalue weighted by molar-refractivity contribution is 6.18. The summed E-state index contributed by atoms with van der Waals surface area (Å²) in [5.74, 6) is -2.07. The first-order chi connectivity index (χ1) is 28.3. The molecule has 10 nitrogen and oxygen atoms in total. The third-order valence-electron chi connectivity index (χ3n) is 11.4. The molecular formula is C45H53ClF2N2O8. The molecule has 0 saturated heterocycles. The van der Waals surface area contributed by atoms with E-state index in [1.807, 2.05) is 12.1 Å². The maximum atomic E-state index is 14.7. The molecule has 2 aliphatic carbocycles. The predicted molar refractivity (Wildman–Crippen MR) is 217 cm³/mol. The number of halogens is 3. The Morgan fingerprint density at radius 1 is 1.05 bits per heavy atom. The van der Waals surface area contributed by atoms with Gasteiger partial charge in [0.25, 0.3) is 0 Å². The van der Waals surface area contributed by atoms with Crippen LogP contribution in [-0.2, 0) is 27.5 Å². The molecule has 0 aromatic heterocycles. The Labute approximate surface area is 344 Å². The molecule has 1 fully saturated rings. The highest BCUT2D eigenvalue weighted by Gasteiger charge is 2.65. The summed E-state index contributed by atoms with van der Waals surface area (Å²) in [6, 6.07) is 17.1. The Morgan fingerprint density at radius 3 is 2.52 bits per heavy atom. The van der Waals surface area contributed by atoms with E-state index in [0.29, 0.717) is 41.2 Å². The SMILES string of the molecule is C=CCO[C@@]12Oc3ccc(OCc4ccccc4F)cc3[C@H]3[C@H](CCCCO)[C@@H](CCCCO)C=C(C(=NOC)C[C@@H]1N(Cc1ccc(F)cc1)C(=O)OCCCl)[C@H]32. The van der Waals surface area contributed by atoms with Crippen LogP contribution < -0.4 is 9.47 Å². The summed E-state index contributed by atoms with van der Waals surface area (Å²) in [4.78, 5) is 21.3. The van der Waals surface area contributed by atoms with Crippen molar-refractivity contribution in [3.05, 3.63) is 119 Å². The van der Waals surface area contributed by atoms with Crippen LogP contribution in [0, 0.1) is 29.4 Å². The molecule has 1 aliphatic heterocycles. The fourth-order valence-corrected chi connectivity index (χ4v) is 9.00. The van der Waals surface area contributed by atoms with Gasteiger partial charge in [-0.05, 0) is 85.1 Å². The average Bonchev–Trinajstić information content (AvgIpc) is 3.23. The maximum Gasteiger partial charge on any atom is 0.410 e. The number of unbranched alkanes of at least 4 members (excludes halogenated alkanes) is 2. The summed E-state index contributed by atoms with van der Waals surface area (Å²) in [5.41, 5.74) is 3.38. The van der Waals surface area contributed by atoms with Crippen molar-refractivity contribution in [3.63, 3.8) is 0 Å². The van der Waals surface area contributed by atoms with E-state index in [1.165, 1.54) is 25.3 Å². The van der Waals surface area contributed by atoms with E-state index in [-0.39, 0.29) is 75.5 Å². The van der Waals surface area contributed by atoms with Crippen molar-refractivity contribution < 1.29 is 47.6 Å². The van der Waals surface area contributed by atoms with Gasteiger partial charge in [0.05, 0.1) is 24.1 Å². The number of nitrogens with zero attached hydrogens (tertiary/aromatic N) is 2. The monoisotopic (exact) mass is 822 g/mol. The fourth-order valence-electron chi connectivity index (χ4n) is 8.92. The predicted octanol–water partition coefficient (Wildman–Crippen LogP) is 8.68. The number of hydrogen-bond acceptors (Lipinski definition) is 9. The number of fused-ring (bicyclic) bond motifs is 2. The first-order valence-corrected chi connectivity index (χ1v) is 20.5. The van der Waals surface area contributed by atoms with Gasteiger partial charge in [0.15, 0.2) is 0 Å². The molecule has 0 unspecified atom stereocenters. The van der Waals surface area contributed by atoms with E-state index in [0.717, 1.165) is 36.8 Å². The van der Waals surface area contributed by atoms with Crippen molar-refractivity contribution in [2.24, 2.45) is 22.9 Å². The minimum absolute atomic E-state index is 0.0111. The van der Waals surface area contributed by atoms with Crippen LogP contribution in [0.5, 0.6) is 11.5 Å². The van der Waals surface area contributed by atoms with E-state index in [2.05, 4.69) is 17.8 Å². The van der Waals surface area contributed by atoms with Gasteiger partial charge in [-0.15, -0.1) is 18.2 Å². The number of aliphatic hydroxyl groups excluding tert-OH is 2. The second kappa shape index (κ2) is 20.5. The highest BCUT2D eigenvalue weighted by atomic mass is 35.5. The molecule has 0 radical (unpaired) electrons. The molecular weight excluding hydrogens is 770 g/mol. The maximum absolute atomic E-state index is 14.7. The van der Waals surface area contributed by atoms with E-state index in [9.17, 15) is 23.8 Å². The molecule has 0 spiro atoms. The van der Waals surface area contributed by atoms with Crippen LogP contribution in [0.2, 0.25) is 0 Å². The number of aliphatic hydroxyl groups is 2. The van der Waals surface area contributed by atoms with Crippen LogP contribution >= 0.6 is 11.6 Å². The first kappa shape index (κ1) is 43.1. The molecule has 2 N–H and O–H groups in total. The first-order valence-electron chi connectivity index (χ1n) is 20.0. The molecule has 13 heteroatoms. The Bertz CT molecular complexity index is 1910. The van der Waals surface area contributed by atoms with Gasteiger partial charge in [-0.1, -0.05) is 60.5 Å². The van der Waals surface area contributed by atoms with Gasteiger partial charge in [0.2, 0.25) is 5.79 Å². The Balaban J connectivity index is 1.56. The number of oxime groups is 1. The normalized spacial score (nSPS) is 23.9. The van der Waals surface area contributed by atoms with Crippen molar-refractivity contribution in [2.45, 2.75) is 75.8 Å². The number of rotatable bonds is 20. The van der Waals surface area contributed by atoms with Crippen LogP contribution in [0.4, 0.5) is 13.6 Å². The topological polar surface area (TPSA) is 119 Å². The summed E-state index contributed by atoms with van der Waals surface area (Å²) in [7, 11) is 1.48. The number of hydrogen-bond donors (Lipinski definition) is 2. The second-order valence-corrected chi connectivity index (χ2v) is 15.3. The van der Waals surface area contributed by atoms with Crippen LogP contribution in [0.3, 0.4) is 0 Å². The zero-order valence-corrected chi connectivity index (χ0v) is 33.6. The average molecular weight is 823 g/mol. The summed E-state index contributed by atoms with van der Waals surface area (Å²) in [6.07, 6.45) is 7.65. The van der Waals surface area contributed by atoms with Gasteiger partial charge in [-0.3, -0.25) is 4.90 Å². The number of benzene rings is 3. The Hall–Kier alpha value is -4.49. The third-order valence-corrected chi connectivity index (χ3v) is 11.5. The highest BCUT2D eigenvalue weighted by Crippen LogP contribution is 2.62. The van der Waals surface area contributed by atoms with Gasteiger partial charge in [0, 0.05) is 43.2 Å². The van der Waals surface area contributed by atoms with E-state index in [1.54, 1.807) is 47.4 Å². The van der Waals surface area contributed by atoms with Crippen molar-refractivity contribution in [1.29, 1.82) is 0 Å². The lowest BCUT2D eigenvalue weighted by atomic mass is 9.55. The van der Waals surface area contributed by atoms with Crippen LogP contribution in [0.1, 0.15) is 67.6 Å². The molecule has 3 aromatic carbocycles. The molecule has 312 valence electrons. The van der Waals surface area contributed by atoms with E-state index in [4.69, 9.17) is 35.4 Å². The minimum Gasteiger partial charge on any atom is -0.489 e. The summed E-state index contributed by atoms with van der Waals surface area (Å²) < 4.78 is 54.9. The van der Waals surface area contributed by atoms with E-state index < -0.39 is 29.7 Å². The van der Waals surface area contributed by atoms with Crippen LogP contribution in [0.15, 0.2) is 96.2 Å². The van der Waals surface area contributed by atoms with E-state index >= 15 is 0 Å². The molecule has 1 heterocycles. The molecule has 6 atom stereocenters. The number of allylic oxidation sites excluding steroid dienone is 1. The van der Waals surface area contributed by atoms with Crippen molar-refractivity contribution in [1.82, 2.24) is 4.90 Å². The zero-order chi connectivity index (χ0) is 41.1. The standard InChI is InChI=1S/C45H53ClF2N2O8/c1-3-23-57-45-41(50(44(53)55-24-20-46)28-30-14-16-33(47)17-15-30)27-39(49-54-2)36-25-31(10-6-8-21-51)35(12-7-9-22-52)42(43(36)45)37-26-34(18-19-40(37)58-45)56-29-32-11-4-5-13-38(32)48/h3-5,11,13-19,25-26,31,35,41-43,51-52H,1,6-10,12,20-24,27-29H2,2H3/t31-,35+,41-,42+,43+,45+/m0/s1. The largest absolute Gasteiger partial charge is 0.489 e. The number of ether oxygens (including phenoxy) is 4. The van der Waals surface area contributed by atoms with Gasteiger partial charge >= 0.3 is 6.09 Å². The van der Waals surface area contributed by atoms with Crippen molar-refractivity contribution >= 4 is 23.4 Å². The summed E-state index contributed by atoms with van der Waals surface area (Å²) >= 11 is 6.01.